The number of benzene rings is 3. The van der Waals surface area contributed by atoms with Gasteiger partial charge in [0.05, 0.1) is 0 Å². The van der Waals surface area contributed by atoms with E-state index in [9.17, 15) is 18.4 Å². The molecule has 4 nitrogen and oxygen atoms in total. The number of carbonyl (C=O) groups is 2. The van der Waals surface area contributed by atoms with Crippen LogP contribution in [0.4, 0.5) is 8.78 Å². The summed E-state index contributed by atoms with van der Waals surface area (Å²) in [4.78, 5) is 22.8. The van der Waals surface area contributed by atoms with Crippen LogP contribution in [0, 0.1) is 11.6 Å². The van der Waals surface area contributed by atoms with Crippen LogP contribution in [0.2, 0.25) is 0 Å². The van der Waals surface area contributed by atoms with E-state index < -0.39 is 23.6 Å². The summed E-state index contributed by atoms with van der Waals surface area (Å²) in [6.07, 6.45) is 1.03. The van der Waals surface area contributed by atoms with Crippen molar-refractivity contribution in [1.29, 1.82) is 0 Å². The zero-order valence-corrected chi connectivity index (χ0v) is 16.7. The molecule has 0 bridgehead atoms. The fraction of sp³-hybridized carbons (Fsp3) is 0.0400. The predicted molar refractivity (Wildman–Crippen MR) is 114 cm³/mol. The van der Waals surface area contributed by atoms with E-state index in [0.717, 1.165) is 6.08 Å². The number of esters is 2. The highest BCUT2D eigenvalue weighted by atomic mass is 19.2. The number of hydrogen-bond donors (Lipinski definition) is 0. The van der Waals surface area contributed by atoms with Gasteiger partial charge < -0.3 is 9.47 Å². The van der Waals surface area contributed by atoms with E-state index in [2.05, 4.69) is 13.2 Å². The first-order valence-corrected chi connectivity index (χ1v) is 9.21. The van der Waals surface area contributed by atoms with Crippen molar-refractivity contribution in [2.75, 3.05) is 0 Å². The number of rotatable bonds is 6. The van der Waals surface area contributed by atoms with Gasteiger partial charge in [0.25, 0.3) is 0 Å². The van der Waals surface area contributed by atoms with Gasteiger partial charge in [-0.2, -0.15) is 0 Å². The normalized spacial score (nSPS) is 10.3. The Kier molecular flexibility index (Phi) is 6.40. The molecule has 0 unspecified atom stereocenters. The Bertz CT molecular complexity index is 1160. The monoisotopic (exact) mass is 420 g/mol. The molecule has 0 spiro atoms. The van der Waals surface area contributed by atoms with Crippen molar-refractivity contribution in [1.82, 2.24) is 0 Å². The Labute approximate surface area is 178 Å². The molecule has 6 heteroatoms. The molecule has 3 rings (SSSR count). The van der Waals surface area contributed by atoms with Crippen molar-refractivity contribution in [3.05, 3.63) is 97.1 Å². The van der Waals surface area contributed by atoms with Crippen LogP contribution in [0.1, 0.15) is 6.92 Å². The van der Waals surface area contributed by atoms with E-state index in [1.54, 1.807) is 0 Å². The van der Waals surface area contributed by atoms with E-state index in [1.807, 2.05) is 0 Å². The van der Waals surface area contributed by atoms with Crippen molar-refractivity contribution in [2.24, 2.45) is 0 Å². The van der Waals surface area contributed by atoms with E-state index in [-0.39, 0.29) is 28.2 Å². The highest BCUT2D eigenvalue weighted by molar-refractivity contribution is 5.88. The van der Waals surface area contributed by atoms with Gasteiger partial charge >= 0.3 is 11.9 Å². The Morgan fingerprint density at radius 3 is 1.58 bits per heavy atom. The molecular formula is C25H18F2O4. The highest BCUT2D eigenvalue weighted by Gasteiger charge is 2.16. The second kappa shape index (κ2) is 9.17. The van der Waals surface area contributed by atoms with Gasteiger partial charge in [-0.05, 0) is 42.3 Å². The summed E-state index contributed by atoms with van der Waals surface area (Å²) in [5.41, 5.74) is 1.22. The quantitative estimate of drug-likeness (QED) is 0.284. The standard InChI is InChI=1S/C25H18F2O4/c1-4-22(28)30-18-9-5-16(6-10-18)20-13-14-21(24(27)23(20)26)17-7-11-19(12-8-17)31-25(29)15(2)3/h4-14H,1-2H2,3H3. The molecule has 31 heavy (non-hydrogen) atoms. The summed E-state index contributed by atoms with van der Waals surface area (Å²) in [6.45, 7) is 8.34. The third-order valence-electron chi connectivity index (χ3n) is 4.36. The Hall–Kier alpha value is -4.06. The molecular weight excluding hydrogens is 402 g/mol. The van der Waals surface area contributed by atoms with Crippen molar-refractivity contribution in [3.8, 4) is 33.8 Å². The van der Waals surface area contributed by atoms with Gasteiger partial charge in [0, 0.05) is 22.8 Å². The highest BCUT2D eigenvalue weighted by Crippen LogP contribution is 2.33. The fourth-order valence-corrected chi connectivity index (χ4v) is 2.75. The van der Waals surface area contributed by atoms with Crippen molar-refractivity contribution < 1.29 is 27.8 Å². The average molecular weight is 420 g/mol. The minimum atomic E-state index is -1.01. The molecule has 0 fully saturated rings. The molecule has 156 valence electrons. The average Bonchev–Trinajstić information content (AvgIpc) is 2.77. The van der Waals surface area contributed by atoms with Gasteiger partial charge in [0.1, 0.15) is 11.5 Å². The van der Waals surface area contributed by atoms with Gasteiger partial charge in [0.2, 0.25) is 0 Å². The third kappa shape index (κ3) is 4.93. The molecule has 0 heterocycles. The summed E-state index contributed by atoms with van der Waals surface area (Å²) < 4.78 is 39.6. The van der Waals surface area contributed by atoms with Gasteiger partial charge in [-0.3, -0.25) is 0 Å². The van der Waals surface area contributed by atoms with Crippen LogP contribution >= 0.6 is 0 Å². The van der Waals surface area contributed by atoms with Crippen LogP contribution in [-0.4, -0.2) is 11.9 Å². The van der Waals surface area contributed by atoms with Crippen LogP contribution in [0.25, 0.3) is 22.3 Å². The first-order valence-electron chi connectivity index (χ1n) is 9.21. The number of carbonyl (C=O) groups excluding carboxylic acids is 2. The second-order valence-corrected chi connectivity index (χ2v) is 6.63. The maximum Gasteiger partial charge on any atom is 0.338 e. The van der Waals surface area contributed by atoms with Gasteiger partial charge in [0.15, 0.2) is 11.6 Å². The summed E-state index contributed by atoms with van der Waals surface area (Å²) >= 11 is 0. The van der Waals surface area contributed by atoms with Crippen LogP contribution in [0.5, 0.6) is 11.5 Å². The van der Waals surface area contributed by atoms with E-state index >= 15 is 0 Å². The zero-order valence-electron chi connectivity index (χ0n) is 16.7. The summed E-state index contributed by atoms with van der Waals surface area (Å²) in [5, 5.41) is 0. The first kappa shape index (κ1) is 21.6. The van der Waals surface area contributed by atoms with E-state index in [0.29, 0.717) is 11.1 Å². The molecule has 0 aromatic heterocycles. The molecule has 0 aliphatic heterocycles. The number of ether oxygens (including phenoxy) is 2. The van der Waals surface area contributed by atoms with Crippen LogP contribution in [-0.2, 0) is 9.59 Å². The topological polar surface area (TPSA) is 52.6 Å². The van der Waals surface area contributed by atoms with Crippen LogP contribution < -0.4 is 9.47 Å². The Morgan fingerprint density at radius 1 is 0.774 bits per heavy atom. The van der Waals surface area contributed by atoms with Crippen molar-refractivity contribution in [2.45, 2.75) is 6.92 Å². The SMILES string of the molecule is C=CC(=O)Oc1ccc(-c2ccc(-c3ccc(OC(=O)C(=C)C)cc3)c(F)c2F)cc1. The smallest absolute Gasteiger partial charge is 0.338 e. The molecule has 0 aliphatic rings. The summed E-state index contributed by atoms with van der Waals surface area (Å²) in [7, 11) is 0. The summed E-state index contributed by atoms with van der Waals surface area (Å²) in [5.74, 6) is -2.67. The summed E-state index contributed by atoms with van der Waals surface area (Å²) in [6, 6.07) is 15.0. The fourth-order valence-electron chi connectivity index (χ4n) is 2.75. The zero-order chi connectivity index (χ0) is 22.5. The molecule has 0 radical (unpaired) electrons. The lowest BCUT2D eigenvalue weighted by Gasteiger charge is -2.10. The predicted octanol–water partition coefficient (Wildman–Crippen LogP) is 5.87. The first-order chi connectivity index (χ1) is 14.8. The molecule has 0 atom stereocenters. The number of hydrogen-bond acceptors (Lipinski definition) is 4. The van der Waals surface area contributed by atoms with Crippen LogP contribution in [0.15, 0.2) is 85.5 Å². The molecule has 0 N–H and O–H groups in total. The van der Waals surface area contributed by atoms with Crippen molar-refractivity contribution in [3.63, 3.8) is 0 Å². The second-order valence-electron chi connectivity index (χ2n) is 6.63. The van der Waals surface area contributed by atoms with Crippen LogP contribution in [0.3, 0.4) is 0 Å². The molecule has 0 saturated carbocycles. The molecule has 0 amide bonds. The lowest BCUT2D eigenvalue weighted by molar-refractivity contribution is -0.130. The van der Waals surface area contributed by atoms with Gasteiger partial charge in [-0.15, -0.1) is 0 Å². The molecule has 3 aromatic carbocycles. The maximum atomic E-state index is 14.8. The molecule has 0 aliphatic carbocycles. The number of halogens is 2. The molecule has 0 saturated heterocycles. The molecule has 3 aromatic rings. The Balaban J connectivity index is 1.85. The maximum absolute atomic E-state index is 14.8. The van der Waals surface area contributed by atoms with Gasteiger partial charge in [-0.25, -0.2) is 18.4 Å². The van der Waals surface area contributed by atoms with Gasteiger partial charge in [-0.1, -0.05) is 49.6 Å². The minimum Gasteiger partial charge on any atom is -0.423 e. The lowest BCUT2D eigenvalue weighted by Crippen LogP contribution is -2.07. The third-order valence-corrected chi connectivity index (χ3v) is 4.36. The van der Waals surface area contributed by atoms with Crippen molar-refractivity contribution >= 4 is 11.9 Å². The minimum absolute atomic E-state index is 0.0647. The Morgan fingerprint density at radius 2 is 1.19 bits per heavy atom. The van der Waals surface area contributed by atoms with E-state index in [4.69, 9.17) is 9.47 Å². The van der Waals surface area contributed by atoms with E-state index in [1.165, 1.54) is 67.6 Å². The largest absolute Gasteiger partial charge is 0.423 e. The lowest BCUT2D eigenvalue weighted by atomic mass is 9.98.